The number of alkyl halides is 3. The van der Waals surface area contributed by atoms with Crippen LogP contribution in [-0.4, -0.2) is 16.8 Å². The maximum absolute atomic E-state index is 12.9. The molecule has 2 amide bonds. The first-order valence-electron chi connectivity index (χ1n) is 7.32. The minimum absolute atomic E-state index is 0.0545. The van der Waals surface area contributed by atoms with E-state index >= 15 is 0 Å². The van der Waals surface area contributed by atoms with Crippen molar-refractivity contribution in [2.45, 2.75) is 6.18 Å². The van der Waals surface area contributed by atoms with Gasteiger partial charge in [0.1, 0.15) is 5.69 Å². The Morgan fingerprint density at radius 2 is 1.64 bits per heavy atom. The van der Waals surface area contributed by atoms with Gasteiger partial charge in [-0.05, 0) is 30.3 Å². The minimum Gasteiger partial charge on any atom is -0.268 e. The van der Waals surface area contributed by atoms with Crippen molar-refractivity contribution < 1.29 is 22.8 Å². The third kappa shape index (κ3) is 2.36. The number of hydrogen-bond donors (Lipinski definition) is 0. The Labute approximate surface area is 139 Å². The van der Waals surface area contributed by atoms with Crippen LogP contribution in [0.1, 0.15) is 26.4 Å². The lowest BCUT2D eigenvalue weighted by atomic mass is 10.1. The smallest absolute Gasteiger partial charge is 0.268 e. The van der Waals surface area contributed by atoms with Gasteiger partial charge >= 0.3 is 6.18 Å². The fourth-order valence-corrected chi connectivity index (χ4v) is 2.82. The molecule has 7 heteroatoms. The average molecular weight is 342 g/mol. The molecule has 1 aromatic heterocycles. The summed E-state index contributed by atoms with van der Waals surface area (Å²) in [6, 6.07) is 12.6. The summed E-state index contributed by atoms with van der Waals surface area (Å²) in [4.78, 5) is 30.1. The molecule has 25 heavy (non-hydrogen) atoms. The monoisotopic (exact) mass is 342 g/mol. The van der Waals surface area contributed by atoms with Crippen molar-refractivity contribution in [3.05, 3.63) is 71.4 Å². The highest BCUT2D eigenvalue weighted by Gasteiger charge is 2.39. The molecule has 0 fully saturated rings. The lowest BCUT2D eigenvalue weighted by molar-refractivity contribution is -0.137. The van der Waals surface area contributed by atoms with Crippen molar-refractivity contribution in [1.29, 1.82) is 0 Å². The molecule has 1 aliphatic heterocycles. The number of anilines is 1. The normalized spacial score (nSPS) is 14.3. The average Bonchev–Trinajstić information content (AvgIpc) is 2.83. The Morgan fingerprint density at radius 1 is 0.880 bits per heavy atom. The number of halogens is 3. The number of rotatable bonds is 1. The molecular weight excluding hydrogens is 333 g/mol. The number of carbonyl (C=O) groups is 2. The Kier molecular flexibility index (Phi) is 3.15. The number of pyridine rings is 1. The van der Waals surface area contributed by atoms with Crippen LogP contribution in [-0.2, 0) is 6.18 Å². The van der Waals surface area contributed by atoms with Crippen molar-refractivity contribution in [3.63, 3.8) is 0 Å². The van der Waals surface area contributed by atoms with Crippen LogP contribution in [0.15, 0.2) is 54.6 Å². The van der Waals surface area contributed by atoms with Gasteiger partial charge in [0.05, 0.1) is 22.3 Å². The van der Waals surface area contributed by atoms with Crippen molar-refractivity contribution in [3.8, 4) is 0 Å². The number of benzene rings is 2. The van der Waals surface area contributed by atoms with Crippen LogP contribution in [0.5, 0.6) is 0 Å². The summed E-state index contributed by atoms with van der Waals surface area (Å²) < 4.78 is 38.7. The van der Waals surface area contributed by atoms with Crippen LogP contribution in [0.2, 0.25) is 0 Å². The molecule has 3 aromatic rings. The van der Waals surface area contributed by atoms with E-state index in [9.17, 15) is 22.8 Å². The predicted molar refractivity (Wildman–Crippen MR) is 84.3 cm³/mol. The quantitative estimate of drug-likeness (QED) is 0.627. The van der Waals surface area contributed by atoms with Crippen LogP contribution in [0.4, 0.5) is 18.9 Å². The molecule has 0 aliphatic carbocycles. The summed E-state index contributed by atoms with van der Waals surface area (Å²) in [7, 11) is 0. The summed E-state index contributed by atoms with van der Waals surface area (Å²) in [6.07, 6.45) is -4.57. The number of aromatic nitrogens is 1. The van der Waals surface area contributed by atoms with E-state index in [1.165, 1.54) is 12.1 Å². The first-order valence-corrected chi connectivity index (χ1v) is 7.32. The molecule has 0 unspecified atom stereocenters. The summed E-state index contributed by atoms with van der Waals surface area (Å²) in [5.41, 5.74) is -0.498. The van der Waals surface area contributed by atoms with Gasteiger partial charge in [0.15, 0.2) is 0 Å². The van der Waals surface area contributed by atoms with Crippen LogP contribution in [0.3, 0.4) is 0 Å². The number of hydrogen-bond acceptors (Lipinski definition) is 3. The second kappa shape index (κ2) is 5.14. The zero-order valence-corrected chi connectivity index (χ0v) is 12.5. The molecule has 0 atom stereocenters. The van der Waals surface area contributed by atoms with E-state index < -0.39 is 23.6 Å². The molecule has 0 bridgehead atoms. The molecule has 0 saturated heterocycles. The Hall–Kier alpha value is -3.22. The van der Waals surface area contributed by atoms with E-state index in [4.69, 9.17) is 0 Å². The second-order valence-corrected chi connectivity index (χ2v) is 5.57. The molecule has 0 N–H and O–H groups in total. The van der Waals surface area contributed by atoms with Gasteiger partial charge in [-0.15, -0.1) is 0 Å². The third-order valence-corrected chi connectivity index (χ3v) is 3.99. The van der Waals surface area contributed by atoms with Crippen LogP contribution in [0, 0.1) is 0 Å². The molecule has 0 spiro atoms. The maximum atomic E-state index is 12.9. The van der Waals surface area contributed by atoms with E-state index in [0.717, 1.165) is 23.1 Å². The van der Waals surface area contributed by atoms with E-state index in [-0.39, 0.29) is 16.9 Å². The first-order chi connectivity index (χ1) is 11.9. The molecule has 0 radical (unpaired) electrons. The molecule has 1 aliphatic rings. The predicted octanol–water partition coefficient (Wildman–Crippen LogP) is 4.05. The highest BCUT2D eigenvalue weighted by atomic mass is 19.4. The highest BCUT2D eigenvalue weighted by Crippen LogP contribution is 2.34. The standard InChI is InChI=1S/C18H9F3N2O2/c19-18(20,21)11-5-3-6-12(9-11)23-16(24)13-8-10-4-1-2-7-14(10)22-15(13)17(23)25/h1-9H. The molecule has 2 aromatic carbocycles. The van der Waals surface area contributed by atoms with E-state index in [1.807, 2.05) is 0 Å². The van der Waals surface area contributed by atoms with Gasteiger partial charge < -0.3 is 0 Å². The molecule has 2 heterocycles. The van der Waals surface area contributed by atoms with Crippen LogP contribution < -0.4 is 4.90 Å². The Morgan fingerprint density at radius 3 is 2.40 bits per heavy atom. The van der Waals surface area contributed by atoms with Crippen molar-refractivity contribution >= 4 is 28.4 Å². The lowest BCUT2D eigenvalue weighted by Crippen LogP contribution is -2.29. The topological polar surface area (TPSA) is 50.3 Å². The van der Waals surface area contributed by atoms with Gasteiger partial charge in [-0.1, -0.05) is 24.3 Å². The number of carbonyl (C=O) groups excluding carboxylic acids is 2. The minimum atomic E-state index is -4.57. The van der Waals surface area contributed by atoms with Gasteiger partial charge in [-0.3, -0.25) is 9.59 Å². The second-order valence-electron chi connectivity index (χ2n) is 5.57. The van der Waals surface area contributed by atoms with Crippen molar-refractivity contribution in [1.82, 2.24) is 4.98 Å². The number of nitrogens with zero attached hydrogens (tertiary/aromatic N) is 2. The van der Waals surface area contributed by atoms with Crippen LogP contribution >= 0.6 is 0 Å². The van der Waals surface area contributed by atoms with Crippen molar-refractivity contribution in [2.75, 3.05) is 4.90 Å². The van der Waals surface area contributed by atoms with E-state index in [2.05, 4.69) is 4.98 Å². The maximum Gasteiger partial charge on any atom is 0.416 e. The van der Waals surface area contributed by atoms with Gasteiger partial charge in [0.2, 0.25) is 0 Å². The zero-order chi connectivity index (χ0) is 17.8. The van der Waals surface area contributed by atoms with Gasteiger partial charge in [0.25, 0.3) is 11.8 Å². The highest BCUT2D eigenvalue weighted by molar-refractivity contribution is 6.34. The number of imide groups is 1. The summed E-state index contributed by atoms with van der Waals surface area (Å²) in [5, 5.41) is 0.674. The van der Waals surface area contributed by atoms with E-state index in [0.29, 0.717) is 10.9 Å². The van der Waals surface area contributed by atoms with Gasteiger partial charge in [-0.25, -0.2) is 9.88 Å². The first kappa shape index (κ1) is 15.3. The zero-order valence-electron chi connectivity index (χ0n) is 12.5. The fraction of sp³-hybridized carbons (Fsp3) is 0.0556. The summed E-state index contributed by atoms with van der Waals surface area (Å²) in [5.74, 6) is -1.41. The van der Waals surface area contributed by atoms with Gasteiger partial charge in [-0.2, -0.15) is 13.2 Å². The number of amides is 2. The molecule has 4 rings (SSSR count). The Balaban J connectivity index is 1.84. The molecule has 124 valence electrons. The van der Waals surface area contributed by atoms with Crippen molar-refractivity contribution in [2.24, 2.45) is 0 Å². The third-order valence-electron chi connectivity index (χ3n) is 3.99. The summed E-state index contributed by atoms with van der Waals surface area (Å²) in [6.45, 7) is 0. The number of para-hydroxylation sites is 1. The summed E-state index contributed by atoms with van der Waals surface area (Å²) >= 11 is 0. The van der Waals surface area contributed by atoms with Crippen LogP contribution in [0.25, 0.3) is 10.9 Å². The number of fused-ring (bicyclic) bond motifs is 2. The van der Waals surface area contributed by atoms with E-state index in [1.54, 1.807) is 24.3 Å². The largest absolute Gasteiger partial charge is 0.416 e. The fourth-order valence-electron chi connectivity index (χ4n) is 2.82. The Bertz CT molecular complexity index is 989. The SMILES string of the molecule is O=C1c2cc3ccccc3nc2C(=O)N1c1cccc(C(F)(F)F)c1. The molecule has 0 saturated carbocycles. The van der Waals surface area contributed by atoms with Gasteiger partial charge in [0, 0.05) is 5.39 Å². The molecule has 4 nitrogen and oxygen atoms in total. The lowest BCUT2D eigenvalue weighted by Gasteiger charge is -2.15. The molecular formula is C18H9F3N2O2.